The van der Waals surface area contributed by atoms with Crippen LogP contribution in [0.5, 0.6) is 5.75 Å². The summed E-state index contributed by atoms with van der Waals surface area (Å²) in [5.41, 5.74) is 1.75. The minimum absolute atomic E-state index is 0.0575. The van der Waals surface area contributed by atoms with Crippen LogP contribution in [-0.2, 0) is 20.7 Å². The maximum Gasteiger partial charge on any atom is 0.310 e. The van der Waals surface area contributed by atoms with E-state index in [4.69, 9.17) is 4.74 Å². The van der Waals surface area contributed by atoms with Crippen molar-refractivity contribution >= 4 is 29.1 Å². The van der Waals surface area contributed by atoms with E-state index in [0.717, 1.165) is 0 Å². The van der Waals surface area contributed by atoms with Crippen LogP contribution in [0.2, 0.25) is 0 Å². The number of rotatable bonds is 5. The highest BCUT2D eigenvalue weighted by Crippen LogP contribution is 2.31. The molecule has 0 radical (unpaired) electrons. The van der Waals surface area contributed by atoms with E-state index in [1.54, 1.807) is 48.5 Å². The van der Waals surface area contributed by atoms with E-state index in [0.29, 0.717) is 11.1 Å². The van der Waals surface area contributed by atoms with Gasteiger partial charge in [0.15, 0.2) is 18.2 Å². The largest absolute Gasteiger partial charge is 0.508 e. The van der Waals surface area contributed by atoms with Gasteiger partial charge in [-0.2, -0.15) is 0 Å². The highest BCUT2D eigenvalue weighted by molar-refractivity contribution is 6.30. The first-order valence-electron chi connectivity index (χ1n) is 9.49. The highest BCUT2D eigenvalue weighted by Gasteiger charge is 2.31. The maximum absolute atomic E-state index is 12.9. The van der Waals surface area contributed by atoms with Gasteiger partial charge in [-0.1, -0.05) is 48.5 Å². The Hall–Kier alpha value is -4.26. The number of nitrogens with one attached hydrogen (secondary N) is 1. The zero-order valence-corrected chi connectivity index (χ0v) is 16.3. The summed E-state index contributed by atoms with van der Waals surface area (Å²) in [6.45, 7) is -0.542. The van der Waals surface area contributed by atoms with Gasteiger partial charge in [0.1, 0.15) is 5.75 Å². The van der Waals surface area contributed by atoms with Crippen LogP contribution in [0, 0.1) is 0 Å². The van der Waals surface area contributed by atoms with Crippen molar-refractivity contribution in [2.24, 2.45) is 0 Å². The first kappa shape index (κ1) is 20.0. The SMILES string of the molecule is O=C(COC(=O)Cc1ccc(O)cc1)Nc1cccc2c1C(=O)c1ccccc1C2=O. The molecule has 0 fully saturated rings. The molecule has 1 amide bonds. The third kappa shape index (κ3) is 4.06. The number of anilines is 1. The van der Waals surface area contributed by atoms with E-state index in [1.165, 1.54) is 18.2 Å². The Bertz CT molecular complexity index is 1210. The minimum Gasteiger partial charge on any atom is -0.508 e. The second-order valence-corrected chi connectivity index (χ2v) is 6.98. The average molecular weight is 415 g/mol. The molecular formula is C24H17NO6. The van der Waals surface area contributed by atoms with Crippen LogP contribution < -0.4 is 5.32 Å². The number of phenolic OH excluding ortho intramolecular Hbond substituents is 1. The summed E-state index contributed by atoms with van der Waals surface area (Å²) < 4.78 is 4.99. The fourth-order valence-corrected chi connectivity index (χ4v) is 3.41. The fourth-order valence-electron chi connectivity index (χ4n) is 3.41. The number of carbonyl (C=O) groups is 4. The van der Waals surface area contributed by atoms with Crippen LogP contribution in [0.4, 0.5) is 5.69 Å². The van der Waals surface area contributed by atoms with Gasteiger partial charge in [0.25, 0.3) is 5.91 Å². The van der Waals surface area contributed by atoms with E-state index in [2.05, 4.69) is 5.32 Å². The van der Waals surface area contributed by atoms with Crippen molar-refractivity contribution in [1.82, 2.24) is 0 Å². The van der Waals surface area contributed by atoms with E-state index >= 15 is 0 Å². The predicted octanol–water partition coefficient (Wildman–Crippen LogP) is 2.89. The van der Waals surface area contributed by atoms with Crippen molar-refractivity contribution in [1.29, 1.82) is 0 Å². The van der Waals surface area contributed by atoms with Crippen LogP contribution >= 0.6 is 0 Å². The highest BCUT2D eigenvalue weighted by atomic mass is 16.5. The lowest BCUT2D eigenvalue weighted by atomic mass is 9.83. The maximum atomic E-state index is 12.9. The molecule has 0 heterocycles. The Labute approximate surface area is 177 Å². The van der Waals surface area contributed by atoms with Gasteiger partial charge in [0.2, 0.25) is 0 Å². The number of benzene rings is 3. The van der Waals surface area contributed by atoms with Crippen molar-refractivity contribution < 1.29 is 29.0 Å². The van der Waals surface area contributed by atoms with E-state index in [-0.39, 0.29) is 46.1 Å². The molecule has 3 aromatic carbocycles. The van der Waals surface area contributed by atoms with Crippen molar-refractivity contribution in [3.8, 4) is 5.75 Å². The molecule has 31 heavy (non-hydrogen) atoms. The zero-order valence-electron chi connectivity index (χ0n) is 16.3. The summed E-state index contributed by atoms with van der Waals surface area (Å²) >= 11 is 0. The first-order valence-corrected chi connectivity index (χ1v) is 9.49. The van der Waals surface area contributed by atoms with Crippen molar-refractivity contribution in [3.05, 3.63) is 94.5 Å². The molecule has 2 N–H and O–H groups in total. The third-order valence-electron chi connectivity index (χ3n) is 4.88. The van der Waals surface area contributed by atoms with Crippen LogP contribution in [0.1, 0.15) is 37.4 Å². The summed E-state index contributed by atoms with van der Waals surface area (Å²) in [7, 11) is 0. The number of hydrogen-bond acceptors (Lipinski definition) is 6. The van der Waals surface area contributed by atoms with Crippen molar-refractivity contribution in [2.45, 2.75) is 6.42 Å². The molecule has 0 spiro atoms. The topological polar surface area (TPSA) is 110 Å². The first-order chi connectivity index (χ1) is 14.9. The normalized spacial score (nSPS) is 12.0. The number of ketones is 2. The van der Waals surface area contributed by atoms with Gasteiger partial charge < -0.3 is 15.2 Å². The Morgan fingerprint density at radius 2 is 1.45 bits per heavy atom. The smallest absolute Gasteiger partial charge is 0.310 e. The Morgan fingerprint density at radius 3 is 2.16 bits per heavy atom. The van der Waals surface area contributed by atoms with Crippen LogP contribution in [-0.4, -0.2) is 35.2 Å². The molecule has 3 aromatic rings. The molecule has 0 unspecified atom stereocenters. The molecule has 0 aliphatic heterocycles. The Morgan fingerprint density at radius 1 is 0.806 bits per heavy atom. The number of esters is 1. The summed E-state index contributed by atoms with van der Waals surface area (Å²) in [4.78, 5) is 50.0. The number of amides is 1. The molecular weight excluding hydrogens is 398 g/mol. The lowest BCUT2D eigenvalue weighted by Gasteiger charge is -2.20. The lowest BCUT2D eigenvalue weighted by molar-refractivity contribution is -0.146. The standard InChI is InChI=1S/C24H17NO6/c26-15-10-8-14(9-11-15)12-21(28)31-13-20(27)25-19-7-3-6-18-22(19)24(30)17-5-2-1-4-16(17)23(18)29/h1-11,26H,12-13H2,(H,25,27). The van der Waals surface area contributed by atoms with E-state index in [1.807, 2.05) is 0 Å². The molecule has 0 atom stereocenters. The van der Waals surface area contributed by atoms with Crippen molar-refractivity contribution in [2.75, 3.05) is 11.9 Å². The van der Waals surface area contributed by atoms with Gasteiger partial charge in [-0.15, -0.1) is 0 Å². The monoisotopic (exact) mass is 415 g/mol. The van der Waals surface area contributed by atoms with Crippen LogP contribution in [0.25, 0.3) is 0 Å². The number of fused-ring (bicyclic) bond motifs is 2. The average Bonchev–Trinajstić information content (AvgIpc) is 2.77. The van der Waals surface area contributed by atoms with Gasteiger partial charge in [-0.05, 0) is 23.8 Å². The Balaban J connectivity index is 1.45. The summed E-state index contributed by atoms with van der Waals surface area (Å²) in [6.07, 6.45) is -0.0575. The second-order valence-electron chi connectivity index (χ2n) is 6.98. The molecule has 1 aliphatic carbocycles. The number of carbonyl (C=O) groups excluding carboxylic acids is 4. The molecule has 0 bridgehead atoms. The molecule has 7 heteroatoms. The number of phenols is 1. The molecule has 0 saturated carbocycles. The Kier molecular flexibility index (Phi) is 5.32. The molecule has 0 aromatic heterocycles. The van der Waals surface area contributed by atoms with Crippen molar-refractivity contribution in [3.63, 3.8) is 0 Å². The van der Waals surface area contributed by atoms with E-state index < -0.39 is 18.5 Å². The quantitative estimate of drug-likeness (QED) is 0.485. The van der Waals surface area contributed by atoms with Gasteiger partial charge in [0.05, 0.1) is 17.7 Å². The molecule has 7 nitrogen and oxygen atoms in total. The number of aromatic hydroxyl groups is 1. The van der Waals surface area contributed by atoms with Gasteiger partial charge in [-0.3, -0.25) is 19.2 Å². The molecule has 154 valence electrons. The van der Waals surface area contributed by atoms with E-state index in [9.17, 15) is 24.3 Å². The summed E-state index contributed by atoms with van der Waals surface area (Å²) in [5.74, 6) is -1.81. The van der Waals surface area contributed by atoms with Crippen LogP contribution in [0.3, 0.4) is 0 Å². The van der Waals surface area contributed by atoms with Gasteiger partial charge in [-0.25, -0.2) is 0 Å². The lowest BCUT2D eigenvalue weighted by Crippen LogP contribution is -2.26. The summed E-state index contributed by atoms with van der Waals surface area (Å²) in [5, 5.41) is 11.8. The number of hydrogen-bond donors (Lipinski definition) is 2. The zero-order chi connectivity index (χ0) is 22.0. The molecule has 4 rings (SSSR count). The third-order valence-corrected chi connectivity index (χ3v) is 4.88. The molecule has 1 aliphatic rings. The molecule has 0 saturated heterocycles. The number of ether oxygens (including phenoxy) is 1. The van der Waals surface area contributed by atoms with Gasteiger partial charge in [0, 0.05) is 16.7 Å². The second kappa shape index (κ2) is 8.23. The fraction of sp³-hybridized carbons (Fsp3) is 0.0833. The van der Waals surface area contributed by atoms with Crippen LogP contribution in [0.15, 0.2) is 66.7 Å². The summed E-state index contributed by atoms with van der Waals surface area (Å²) in [6, 6.07) is 17.2. The predicted molar refractivity (Wildman–Crippen MR) is 111 cm³/mol. The van der Waals surface area contributed by atoms with Gasteiger partial charge >= 0.3 is 5.97 Å². The minimum atomic E-state index is -0.633.